The van der Waals surface area contributed by atoms with Crippen LogP contribution in [0.15, 0.2) is 0 Å². The first-order valence-corrected chi connectivity index (χ1v) is 2.87. The van der Waals surface area contributed by atoms with Crippen molar-refractivity contribution in [2.75, 3.05) is 0 Å². The molecule has 68 valence electrons. The van der Waals surface area contributed by atoms with Gasteiger partial charge in [0.25, 0.3) is 0 Å². The second-order valence-corrected chi connectivity index (χ2v) is 1.98. The lowest BCUT2D eigenvalue weighted by atomic mass is 10.2. The summed E-state index contributed by atoms with van der Waals surface area (Å²) < 4.78 is 22.9. The summed E-state index contributed by atoms with van der Waals surface area (Å²) in [6.45, 7) is 0. The van der Waals surface area contributed by atoms with Crippen LogP contribution in [0.5, 0.6) is 0 Å². The van der Waals surface area contributed by atoms with Crippen LogP contribution in [0.3, 0.4) is 0 Å². The number of halogens is 3. The third-order valence-electron chi connectivity index (χ3n) is 1.06. The fourth-order valence-electron chi connectivity index (χ4n) is 0.448. The zero-order valence-corrected chi connectivity index (χ0v) is 6.61. The number of primary amides is 1. The Kier molecular flexibility index (Phi) is 7.55. The Labute approximate surface area is 69.5 Å². The van der Waals surface area contributed by atoms with Crippen molar-refractivity contribution in [3.8, 4) is 0 Å². The number of hydrogen-bond donors (Lipinski definition) is 2. The molecule has 11 heavy (non-hydrogen) atoms. The molecule has 0 aliphatic heterocycles. The van der Waals surface area contributed by atoms with Gasteiger partial charge >= 0.3 is 0 Å². The predicted octanol–water partition coefficient (Wildman–Crippen LogP) is 0.266. The van der Waals surface area contributed by atoms with Crippen LogP contribution in [0, 0.1) is 0 Å². The normalized spacial score (nSPS) is 12.4. The van der Waals surface area contributed by atoms with Crippen molar-refractivity contribution in [2.45, 2.75) is 25.3 Å². The number of hydrogen-bond acceptors (Lipinski definition) is 2. The van der Waals surface area contributed by atoms with Crippen LogP contribution < -0.4 is 11.5 Å². The minimum Gasteiger partial charge on any atom is -0.368 e. The molecule has 0 aromatic heterocycles. The summed E-state index contributed by atoms with van der Waals surface area (Å²) in [6, 6.07) is -0.936. The number of carbonyl (C=O) groups is 1. The Morgan fingerprint density at radius 3 is 2.09 bits per heavy atom. The van der Waals surface area contributed by atoms with Crippen molar-refractivity contribution in [3.63, 3.8) is 0 Å². The molecule has 0 heterocycles. The van der Waals surface area contributed by atoms with E-state index in [9.17, 15) is 13.6 Å². The molecule has 6 heteroatoms. The summed E-state index contributed by atoms with van der Waals surface area (Å²) in [5.41, 5.74) is 9.77. The van der Waals surface area contributed by atoms with Gasteiger partial charge < -0.3 is 11.5 Å². The highest BCUT2D eigenvalue weighted by molar-refractivity contribution is 5.85. The molecule has 3 nitrogen and oxygen atoms in total. The molecule has 0 saturated carbocycles. The molecule has 0 aliphatic carbocycles. The SMILES string of the molecule is Cl.NC(=O)[C@@H](N)CCC(F)F. The highest BCUT2D eigenvalue weighted by Crippen LogP contribution is 2.03. The van der Waals surface area contributed by atoms with Gasteiger partial charge in [0.05, 0.1) is 6.04 Å². The van der Waals surface area contributed by atoms with Gasteiger partial charge in [0.2, 0.25) is 12.3 Å². The first kappa shape index (κ1) is 13.2. The summed E-state index contributed by atoms with van der Waals surface area (Å²) in [7, 11) is 0. The molecule has 4 N–H and O–H groups in total. The van der Waals surface area contributed by atoms with Gasteiger partial charge in [-0.25, -0.2) is 8.78 Å². The van der Waals surface area contributed by atoms with E-state index in [2.05, 4.69) is 0 Å². The third-order valence-corrected chi connectivity index (χ3v) is 1.06. The van der Waals surface area contributed by atoms with E-state index in [4.69, 9.17) is 11.5 Å². The second kappa shape index (κ2) is 6.30. The summed E-state index contributed by atoms with van der Waals surface area (Å²) in [6.07, 6.45) is -2.83. The van der Waals surface area contributed by atoms with E-state index in [-0.39, 0.29) is 25.2 Å². The standard InChI is InChI=1S/C5H10F2N2O.ClH/c6-4(7)2-1-3(8)5(9)10;/h3-4H,1-2,8H2,(H2,9,10);1H/t3-;/m0./s1. The van der Waals surface area contributed by atoms with Crippen molar-refractivity contribution in [3.05, 3.63) is 0 Å². The molecule has 0 saturated heterocycles. The van der Waals surface area contributed by atoms with E-state index in [1.165, 1.54) is 0 Å². The zero-order chi connectivity index (χ0) is 8.15. The first-order chi connectivity index (χ1) is 4.54. The van der Waals surface area contributed by atoms with Gasteiger partial charge in [-0.05, 0) is 6.42 Å². The van der Waals surface area contributed by atoms with Crippen molar-refractivity contribution in [2.24, 2.45) is 11.5 Å². The van der Waals surface area contributed by atoms with Crippen LogP contribution in [-0.4, -0.2) is 18.4 Å². The average molecular weight is 189 g/mol. The van der Waals surface area contributed by atoms with E-state index < -0.39 is 18.4 Å². The molecule has 0 unspecified atom stereocenters. The molecule has 0 fully saturated rings. The average Bonchev–Trinajstić information content (AvgIpc) is 1.82. The largest absolute Gasteiger partial charge is 0.368 e. The van der Waals surface area contributed by atoms with Gasteiger partial charge in [0, 0.05) is 6.42 Å². The van der Waals surface area contributed by atoms with E-state index in [1.807, 2.05) is 0 Å². The van der Waals surface area contributed by atoms with E-state index in [0.29, 0.717) is 0 Å². The number of amides is 1. The monoisotopic (exact) mass is 188 g/mol. The first-order valence-electron chi connectivity index (χ1n) is 2.87. The number of nitrogens with two attached hydrogens (primary N) is 2. The van der Waals surface area contributed by atoms with Crippen LogP contribution in [0.2, 0.25) is 0 Å². The van der Waals surface area contributed by atoms with Crippen LogP contribution in [0.25, 0.3) is 0 Å². The minimum absolute atomic E-state index is 0. The summed E-state index contributed by atoms with van der Waals surface area (Å²) in [5.74, 6) is -0.736. The summed E-state index contributed by atoms with van der Waals surface area (Å²) in [5, 5.41) is 0. The Morgan fingerprint density at radius 1 is 1.36 bits per heavy atom. The van der Waals surface area contributed by atoms with Crippen LogP contribution in [-0.2, 0) is 4.79 Å². The Hall–Kier alpha value is -0.420. The Morgan fingerprint density at radius 2 is 1.82 bits per heavy atom. The third kappa shape index (κ3) is 7.48. The number of carbonyl (C=O) groups excluding carboxylic acids is 1. The lowest BCUT2D eigenvalue weighted by Crippen LogP contribution is -2.36. The minimum atomic E-state index is -2.41. The fourth-order valence-corrected chi connectivity index (χ4v) is 0.448. The molecular weight excluding hydrogens is 178 g/mol. The molecule has 0 radical (unpaired) electrons. The smallest absolute Gasteiger partial charge is 0.238 e. The van der Waals surface area contributed by atoms with Gasteiger partial charge in [-0.2, -0.15) is 0 Å². The topological polar surface area (TPSA) is 69.1 Å². The molecule has 1 atom stereocenters. The molecule has 0 aliphatic rings. The molecule has 0 aromatic carbocycles. The molecular formula is C5H11ClF2N2O. The maximum atomic E-state index is 11.5. The van der Waals surface area contributed by atoms with Crippen LogP contribution in [0.1, 0.15) is 12.8 Å². The highest BCUT2D eigenvalue weighted by Gasteiger charge is 2.11. The number of rotatable bonds is 4. The van der Waals surface area contributed by atoms with E-state index >= 15 is 0 Å². The van der Waals surface area contributed by atoms with Gasteiger partial charge in [-0.1, -0.05) is 0 Å². The number of alkyl halides is 2. The van der Waals surface area contributed by atoms with Gasteiger partial charge in [0.15, 0.2) is 0 Å². The predicted molar refractivity (Wildman–Crippen MR) is 39.7 cm³/mol. The fraction of sp³-hybridized carbons (Fsp3) is 0.800. The zero-order valence-electron chi connectivity index (χ0n) is 5.80. The maximum absolute atomic E-state index is 11.5. The quantitative estimate of drug-likeness (QED) is 0.665. The van der Waals surface area contributed by atoms with Crippen molar-refractivity contribution in [1.29, 1.82) is 0 Å². The van der Waals surface area contributed by atoms with Crippen molar-refractivity contribution in [1.82, 2.24) is 0 Å². The van der Waals surface area contributed by atoms with Gasteiger partial charge in [0.1, 0.15) is 0 Å². The lowest BCUT2D eigenvalue weighted by Gasteiger charge is -2.04. The van der Waals surface area contributed by atoms with E-state index in [1.54, 1.807) is 0 Å². The van der Waals surface area contributed by atoms with E-state index in [0.717, 1.165) is 0 Å². The van der Waals surface area contributed by atoms with Crippen molar-refractivity contribution < 1.29 is 13.6 Å². The lowest BCUT2D eigenvalue weighted by molar-refractivity contribution is -0.119. The molecule has 0 rings (SSSR count). The molecule has 0 bridgehead atoms. The Bertz CT molecular complexity index is 123. The summed E-state index contributed by atoms with van der Waals surface area (Å²) >= 11 is 0. The summed E-state index contributed by atoms with van der Waals surface area (Å²) in [4.78, 5) is 10.2. The van der Waals surface area contributed by atoms with Gasteiger partial charge in [-0.3, -0.25) is 4.79 Å². The second-order valence-electron chi connectivity index (χ2n) is 1.98. The maximum Gasteiger partial charge on any atom is 0.238 e. The molecule has 0 spiro atoms. The molecule has 1 amide bonds. The highest BCUT2D eigenvalue weighted by atomic mass is 35.5. The van der Waals surface area contributed by atoms with Crippen molar-refractivity contribution >= 4 is 18.3 Å². The van der Waals surface area contributed by atoms with Crippen LogP contribution >= 0.6 is 12.4 Å². The van der Waals surface area contributed by atoms with Crippen LogP contribution in [0.4, 0.5) is 8.78 Å². The molecule has 0 aromatic rings. The Balaban J connectivity index is 0. The van der Waals surface area contributed by atoms with Gasteiger partial charge in [-0.15, -0.1) is 12.4 Å².